The molecule has 0 aliphatic carbocycles. The lowest BCUT2D eigenvalue weighted by atomic mass is 10.0. The normalized spacial score (nSPS) is 11.8. The number of sulfonamides is 1. The molecule has 3 rings (SSSR count). The fourth-order valence-corrected chi connectivity index (χ4v) is 4.28. The first kappa shape index (κ1) is 20.1. The summed E-state index contributed by atoms with van der Waals surface area (Å²) in [4.78, 5) is 0.268. The Bertz CT molecular complexity index is 1050. The maximum atomic E-state index is 12.7. The Hall–Kier alpha value is -2.60. The van der Waals surface area contributed by atoms with Crippen LogP contribution in [-0.4, -0.2) is 18.2 Å². The minimum absolute atomic E-state index is 0.268. The lowest BCUT2D eigenvalue weighted by molar-refractivity contribution is 0.601. The Morgan fingerprint density at radius 1 is 1.00 bits per heavy atom. The van der Waals surface area contributed by atoms with Crippen LogP contribution >= 0.6 is 0 Å². The van der Waals surface area contributed by atoms with Crippen LogP contribution in [0.4, 0.5) is 5.69 Å². The van der Waals surface area contributed by atoms with Gasteiger partial charge < -0.3 is 0 Å². The molecule has 1 N–H and O–H groups in total. The molecule has 0 amide bonds. The highest BCUT2D eigenvalue weighted by atomic mass is 32.2. The van der Waals surface area contributed by atoms with Gasteiger partial charge in [0.2, 0.25) is 0 Å². The van der Waals surface area contributed by atoms with Crippen LogP contribution in [0.1, 0.15) is 36.4 Å². The summed E-state index contributed by atoms with van der Waals surface area (Å²) in [7, 11) is -3.62. The summed E-state index contributed by atoms with van der Waals surface area (Å²) in [5, 5.41) is 4.46. The average molecular weight is 398 g/mol. The molecule has 0 fully saturated rings. The molecule has 6 heteroatoms. The second-order valence-electron chi connectivity index (χ2n) is 7.63. The third kappa shape index (κ3) is 5.01. The number of nitrogens with one attached hydrogen (secondary N) is 1. The van der Waals surface area contributed by atoms with Gasteiger partial charge in [0.15, 0.2) is 0 Å². The van der Waals surface area contributed by atoms with Crippen LogP contribution in [0, 0.1) is 19.8 Å². The Balaban J connectivity index is 1.76. The molecule has 0 radical (unpaired) electrons. The van der Waals surface area contributed by atoms with Crippen molar-refractivity contribution in [3.05, 3.63) is 77.1 Å². The van der Waals surface area contributed by atoms with E-state index in [2.05, 4.69) is 23.7 Å². The smallest absolute Gasteiger partial charge is 0.261 e. The van der Waals surface area contributed by atoms with Crippen LogP contribution in [0.5, 0.6) is 0 Å². The molecule has 0 saturated carbocycles. The number of benzene rings is 2. The summed E-state index contributed by atoms with van der Waals surface area (Å²) in [6.45, 7) is 8.85. The predicted molar refractivity (Wildman–Crippen MR) is 113 cm³/mol. The lowest BCUT2D eigenvalue weighted by Crippen LogP contribution is -2.13. The van der Waals surface area contributed by atoms with Crippen LogP contribution in [0.15, 0.2) is 59.5 Å². The highest BCUT2D eigenvalue weighted by Gasteiger charge is 2.14. The van der Waals surface area contributed by atoms with Gasteiger partial charge in [-0.2, -0.15) is 5.10 Å². The first-order valence-corrected chi connectivity index (χ1v) is 10.9. The second-order valence-corrected chi connectivity index (χ2v) is 9.31. The van der Waals surface area contributed by atoms with E-state index in [1.807, 2.05) is 54.9 Å². The summed E-state index contributed by atoms with van der Waals surface area (Å²) in [6.07, 6.45) is 0.933. The van der Waals surface area contributed by atoms with Gasteiger partial charge in [0.1, 0.15) is 0 Å². The zero-order valence-electron chi connectivity index (χ0n) is 16.8. The van der Waals surface area contributed by atoms with E-state index in [9.17, 15) is 8.42 Å². The van der Waals surface area contributed by atoms with E-state index in [0.29, 0.717) is 18.2 Å². The minimum Gasteiger partial charge on any atom is -0.280 e. The van der Waals surface area contributed by atoms with Crippen LogP contribution in [0.25, 0.3) is 0 Å². The number of nitrogens with zero attached hydrogens (tertiary/aromatic N) is 2. The Morgan fingerprint density at radius 3 is 2.32 bits per heavy atom. The highest BCUT2D eigenvalue weighted by Crippen LogP contribution is 2.19. The van der Waals surface area contributed by atoms with Gasteiger partial charge in [0, 0.05) is 11.4 Å². The van der Waals surface area contributed by atoms with Gasteiger partial charge in [0.25, 0.3) is 10.0 Å². The van der Waals surface area contributed by atoms with Gasteiger partial charge >= 0.3 is 0 Å². The molecule has 1 heterocycles. The van der Waals surface area contributed by atoms with Crippen molar-refractivity contribution < 1.29 is 8.42 Å². The van der Waals surface area contributed by atoms with Crippen molar-refractivity contribution >= 4 is 15.7 Å². The summed E-state index contributed by atoms with van der Waals surface area (Å²) >= 11 is 0. The summed E-state index contributed by atoms with van der Waals surface area (Å²) in [5.74, 6) is 0.533. The zero-order valence-corrected chi connectivity index (χ0v) is 17.6. The van der Waals surface area contributed by atoms with Gasteiger partial charge in [-0.05, 0) is 67.6 Å². The molecule has 0 atom stereocenters. The molecule has 5 nitrogen and oxygen atoms in total. The topological polar surface area (TPSA) is 64.0 Å². The Kier molecular flexibility index (Phi) is 5.89. The van der Waals surface area contributed by atoms with E-state index in [0.717, 1.165) is 28.9 Å². The monoisotopic (exact) mass is 397 g/mol. The molecule has 0 spiro atoms. The average Bonchev–Trinajstić information content (AvgIpc) is 2.92. The number of anilines is 1. The number of hydrogen-bond acceptors (Lipinski definition) is 3. The first-order valence-electron chi connectivity index (χ1n) is 9.45. The molecule has 0 saturated heterocycles. The molecular formula is C22H27N3O2S. The van der Waals surface area contributed by atoms with Crippen LogP contribution in [0.2, 0.25) is 0 Å². The Morgan fingerprint density at radius 2 is 1.71 bits per heavy atom. The van der Waals surface area contributed by atoms with E-state index in [4.69, 9.17) is 0 Å². The SMILES string of the molecule is Cc1cc(C)n(Cc2cccc(NS(=O)(=O)c3ccc(CC(C)C)cc3)c2)n1. The van der Waals surface area contributed by atoms with Crippen molar-refractivity contribution in [2.45, 2.75) is 45.6 Å². The van der Waals surface area contributed by atoms with E-state index in [1.165, 1.54) is 0 Å². The zero-order chi connectivity index (χ0) is 20.3. The standard InChI is InChI=1S/C22H27N3O2S/c1-16(2)12-19-8-10-22(11-9-19)28(26,27)24-21-7-5-6-20(14-21)15-25-18(4)13-17(3)23-25/h5-11,13-14,16,24H,12,15H2,1-4H3. The second kappa shape index (κ2) is 8.19. The molecule has 2 aromatic carbocycles. The van der Waals surface area contributed by atoms with Gasteiger partial charge in [-0.25, -0.2) is 8.42 Å². The quantitative estimate of drug-likeness (QED) is 0.636. The summed E-state index contributed by atoms with van der Waals surface area (Å²) < 4.78 is 30.1. The Labute approximate surface area is 167 Å². The van der Waals surface area contributed by atoms with Crippen molar-refractivity contribution in [1.29, 1.82) is 0 Å². The van der Waals surface area contributed by atoms with Crippen molar-refractivity contribution in [3.8, 4) is 0 Å². The van der Waals surface area contributed by atoms with Gasteiger partial charge in [0.05, 0.1) is 17.1 Å². The fraction of sp³-hybridized carbons (Fsp3) is 0.318. The van der Waals surface area contributed by atoms with E-state index in [1.54, 1.807) is 18.2 Å². The lowest BCUT2D eigenvalue weighted by Gasteiger charge is -2.11. The molecule has 0 aliphatic heterocycles. The van der Waals surface area contributed by atoms with Crippen molar-refractivity contribution in [2.24, 2.45) is 5.92 Å². The van der Waals surface area contributed by atoms with Crippen molar-refractivity contribution in [3.63, 3.8) is 0 Å². The maximum absolute atomic E-state index is 12.7. The van der Waals surface area contributed by atoms with Gasteiger partial charge in [-0.1, -0.05) is 38.1 Å². The molecule has 0 unspecified atom stereocenters. The molecule has 0 bridgehead atoms. The third-order valence-electron chi connectivity index (χ3n) is 4.49. The van der Waals surface area contributed by atoms with E-state index >= 15 is 0 Å². The third-order valence-corrected chi connectivity index (χ3v) is 5.89. The van der Waals surface area contributed by atoms with Crippen molar-refractivity contribution in [2.75, 3.05) is 4.72 Å². The summed E-state index contributed by atoms with van der Waals surface area (Å²) in [6, 6.07) is 16.5. The molecule has 0 aliphatic rings. The highest BCUT2D eigenvalue weighted by molar-refractivity contribution is 7.92. The van der Waals surface area contributed by atoms with Gasteiger partial charge in [-0.15, -0.1) is 0 Å². The molecule has 3 aromatic rings. The first-order chi connectivity index (χ1) is 13.2. The van der Waals surface area contributed by atoms with Gasteiger partial charge in [-0.3, -0.25) is 9.40 Å². The number of aryl methyl sites for hydroxylation is 2. The minimum atomic E-state index is -3.62. The molecular weight excluding hydrogens is 370 g/mol. The molecule has 28 heavy (non-hydrogen) atoms. The number of hydrogen-bond donors (Lipinski definition) is 1. The fourth-order valence-electron chi connectivity index (χ4n) is 3.23. The summed E-state index contributed by atoms with van der Waals surface area (Å²) in [5.41, 5.74) is 4.71. The molecule has 1 aromatic heterocycles. The maximum Gasteiger partial charge on any atom is 0.261 e. The van der Waals surface area contributed by atoms with Crippen LogP contribution in [0.3, 0.4) is 0 Å². The predicted octanol–water partition coefficient (Wildman–Crippen LogP) is 4.55. The van der Waals surface area contributed by atoms with Crippen LogP contribution in [-0.2, 0) is 23.0 Å². The van der Waals surface area contributed by atoms with Crippen molar-refractivity contribution in [1.82, 2.24) is 9.78 Å². The number of rotatable bonds is 7. The number of aromatic nitrogens is 2. The van der Waals surface area contributed by atoms with E-state index in [-0.39, 0.29) is 4.90 Å². The molecule has 148 valence electrons. The van der Waals surface area contributed by atoms with E-state index < -0.39 is 10.0 Å². The largest absolute Gasteiger partial charge is 0.280 e. The van der Waals surface area contributed by atoms with Crippen LogP contribution < -0.4 is 4.72 Å².